The molecule has 0 aromatic heterocycles. The van der Waals surface area contributed by atoms with Gasteiger partial charge in [0.05, 0.1) is 4.90 Å². The Morgan fingerprint density at radius 1 is 1.21 bits per heavy atom. The highest BCUT2D eigenvalue weighted by Crippen LogP contribution is 2.19. The lowest BCUT2D eigenvalue weighted by molar-refractivity contribution is 0.0943. The second-order valence-corrected chi connectivity index (χ2v) is 7.31. The molecule has 0 radical (unpaired) electrons. The smallest absolute Gasteiger partial charge is 0.251 e. The predicted molar refractivity (Wildman–Crippen MR) is 94.7 cm³/mol. The van der Waals surface area contributed by atoms with Crippen molar-refractivity contribution in [2.45, 2.75) is 39.0 Å². The maximum atomic E-state index is 12.6. The van der Waals surface area contributed by atoms with E-state index in [9.17, 15) is 13.2 Å². The average molecular weight is 356 g/mol. The Morgan fingerprint density at radius 2 is 1.88 bits per heavy atom. The van der Waals surface area contributed by atoms with Crippen molar-refractivity contribution in [3.8, 4) is 0 Å². The highest BCUT2D eigenvalue weighted by atomic mass is 32.2. The van der Waals surface area contributed by atoms with Crippen molar-refractivity contribution in [1.82, 2.24) is 9.62 Å². The van der Waals surface area contributed by atoms with Crippen LogP contribution in [0.15, 0.2) is 23.1 Å². The number of ether oxygens (including phenoxy) is 1. The molecule has 6 nitrogen and oxygen atoms in total. The second kappa shape index (κ2) is 9.76. The summed E-state index contributed by atoms with van der Waals surface area (Å²) in [5, 5.41) is 2.81. The van der Waals surface area contributed by atoms with E-state index in [1.807, 2.05) is 6.92 Å². The lowest BCUT2D eigenvalue weighted by atomic mass is 10.1. The van der Waals surface area contributed by atoms with Gasteiger partial charge in [-0.1, -0.05) is 19.9 Å². The van der Waals surface area contributed by atoms with Crippen LogP contribution < -0.4 is 5.32 Å². The number of amides is 1. The van der Waals surface area contributed by atoms with Gasteiger partial charge in [-0.25, -0.2) is 8.42 Å². The van der Waals surface area contributed by atoms with E-state index in [0.717, 1.165) is 12.0 Å². The molecule has 0 aliphatic heterocycles. The second-order valence-electron chi connectivity index (χ2n) is 5.37. The van der Waals surface area contributed by atoms with Gasteiger partial charge in [-0.2, -0.15) is 4.31 Å². The minimum absolute atomic E-state index is 0.149. The van der Waals surface area contributed by atoms with Gasteiger partial charge in [0, 0.05) is 38.4 Å². The number of nitrogens with zero attached hydrogens (tertiary/aromatic N) is 1. The standard InChI is InChI=1S/C17H28N2O4S/c1-5-19(6-2)24(21,22)15-10-9-14(4)16(13-15)17(20)18-11-8-12-23-7-3/h9-10,13H,5-8,11-12H2,1-4H3,(H,18,20). The third kappa shape index (κ3) is 5.29. The molecule has 0 saturated carbocycles. The van der Waals surface area contributed by atoms with E-state index >= 15 is 0 Å². The molecule has 0 spiro atoms. The first-order valence-corrected chi connectivity index (χ1v) is 9.79. The van der Waals surface area contributed by atoms with Gasteiger partial charge in [0.25, 0.3) is 5.91 Å². The number of carbonyl (C=O) groups is 1. The summed E-state index contributed by atoms with van der Waals surface area (Å²) in [6.45, 7) is 9.82. The predicted octanol–water partition coefficient (Wildman–Crippen LogP) is 2.18. The van der Waals surface area contributed by atoms with Crippen molar-refractivity contribution in [1.29, 1.82) is 0 Å². The van der Waals surface area contributed by atoms with E-state index in [1.54, 1.807) is 32.9 Å². The Hall–Kier alpha value is -1.44. The number of carbonyl (C=O) groups excluding carboxylic acids is 1. The summed E-state index contributed by atoms with van der Waals surface area (Å²) in [4.78, 5) is 12.5. The van der Waals surface area contributed by atoms with Crippen molar-refractivity contribution in [2.24, 2.45) is 0 Å². The molecule has 1 aromatic carbocycles. The van der Waals surface area contributed by atoms with Crippen LogP contribution in [0.3, 0.4) is 0 Å². The first kappa shape index (κ1) is 20.6. The number of benzene rings is 1. The Bertz CT molecular complexity index is 640. The van der Waals surface area contributed by atoms with Gasteiger partial charge in [-0.05, 0) is 38.0 Å². The number of hydrogen-bond donors (Lipinski definition) is 1. The molecular formula is C17H28N2O4S. The minimum atomic E-state index is -3.57. The summed E-state index contributed by atoms with van der Waals surface area (Å²) in [6.07, 6.45) is 0.718. The van der Waals surface area contributed by atoms with Gasteiger partial charge in [0.15, 0.2) is 0 Å². The van der Waals surface area contributed by atoms with Gasteiger partial charge in [0.1, 0.15) is 0 Å². The Labute approximate surface area is 145 Å². The molecule has 136 valence electrons. The lowest BCUT2D eigenvalue weighted by Crippen LogP contribution is -2.31. The normalized spacial score (nSPS) is 11.7. The van der Waals surface area contributed by atoms with Crippen LogP contribution in [0.25, 0.3) is 0 Å². The van der Waals surface area contributed by atoms with E-state index in [1.165, 1.54) is 10.4 Å². The molecule has 0 saturated heterocycles. The van der Waals surface area contributed by atoms with Crippen molar-refractivity contribution in [3.63, 3.8) is 0 Å². The van der Waals surface area contributed by atoms with Gasteiger partial charge < -0.3 is 10.1 Å². The van der Waals surface area contributed by atoms with Gasteiger partial charge in [0.2, 0.25) is 10.0 Å². The summed E-state index contributed by atoms with van der Waals surface area (Å²) in [7, 11) is -3.57. The molecule has 0 heterocycles. The Morgan fingerprint density at radius 3 is 2.46 bits per heavy atom. The van der Waals surface area contributed by atoms with Crippen LogP contribution in [-0.4, -0.2) is 51.5 Å². The highest BCUT2D eigenvalue weighted by molar-refractivity contribution is 7.89. The third-order valence-electron chi connectivity index (χ3n) is 3.75. The molecule has 7 heteroatoms. The molecule has 24 heavy (non-hydrogen) atoms. The fourth-order valence-electron chi connectivity index (χ4n) is 2.33. The molecule has 0 aliphatic carbocycles. The van der Waals surface area contributed by atoms with Crippen molar-refractivity contribution in [2.75, 3.05) is 32.8 Å². The van der Waals surface area contributed by atoms with Crippen LogP contribution in [-0.2, 0) is 14.8 Å². The fourth-order valence-corrected chi connectivity index (χ4v) is 3.82. The molecular weight excluding hydrogens is 328 g/mol. The lowest BCUT2D eigenvalue weighted by Gasteiger charge is -2.19. The zero-order chi connectivity index (χ0) is 18.2. The number of nitrogens with one attached hydrogen (secondary N) is 1. The molecule has 0 unspecified atom stereocenters. The van der Waals surface area contributed by atoms with Crippen LogP contribution in [0.2, 0.25) is 0 Å². The molecule has 0 atom stereocenters. The molecule has 0 aliphatic rings. The van der Waals surface area contributed by atoms with Crippen LogP contribution in [0.5, 0.6) is 0 Å². The topological polar surface area (TPSA) is 75.7 Å². The minimum Gasteiger partial charge on any atom is -0.382 e. The monoisotopic (exact) mass is 356 g/mol. The third-order valence-corrected chi connectivity index (χ3v) is 5.80. The maximum Gasteiger partial charge on any atom is 0.251 e. The SMILES string of the molecule is CCOCCCNC(=O)c1cc(S(=O)(=O)N(CC)CC)ccc1C. The first-order valence-electron chi connectivity index (χ1n) is 8.35. The van der Waals surface area contributed by atoms with Gasteiger partial charge >= 0.3 is 0 Å². The van der Waals surface area contributed by atoms with E-state index < -0.39 is 10.0 Å². The first-order chi connectivity index (χ1) is 11.4. The average Bonchev–Trinajstić information content (AvgIpc) is 2.55. The Kier molecular flexibility index (Phi) is 8.38. The zero-order valence-corrected chi connectivity index (χ0v) is 15.8. The van der Waals surface area contributed by atoms with Gasteiger partial charge in [-0.3, -0.25) is 4.79 Å². The maximum absolute atomic E-state index is 12.6. The molecule has 0 bridgehead atoms. The number of aryl methyl sites for hydroxylation is 1. The van der Waals surface area contributed by atoms with E-state index in [0.29, 0.717) is 38.4 Å². The number of hydrogen-bond acceptors (Lipinski definition) is 4. The largest absolute Gasteiger partial charge is 0.382 e. The molecule has 1 aromatic rings. The molecule has 0 fully saturated rings. The summed E-state index contributed by atoms with van der Waals surface area (Å²) < 4.78 is 31.8. The molecule has 1 amide bonds. The van der Waals surface area contributed by atoms with Crippen LogP contribution >= 0.6 is 0 Å². The summed E-state index contributed by atoms with van der Waals surface area (Å²) in [6, 6.07) is 4.68. The van der Waals surface area contributed by atoms with Crippen LogP contribution in [0.4, 0.5) is 0 Å². The van der Waals surface area contributed by atoms with E-state index in [4.69, 9.17) is 4.74 Å². The number of rotatable bonds is 10. The number of sulfonamides is 1. The summed E-state index contributed by atoms with van der Waals surface area (Å²) >= 11 is 0. The van der Waals surface area contributed by atoms with Crippen LogP contribution in [0.1, 0.15) is 43.1 Å². The van der Waals surface area contributed by atoms with Crippen molar-refractivity contribution in [3.05, 3.63) is 29.3 Å². The fraction of sp³-hybridized carbons (Fsp3) is 0.588. The van der Waals surface area contributed by atoms with Crippen LogP contribution in [0, 0.1) is 6.92 Å². The zero-order valence-electron chi connectivity index (χ0n) is 15.0. The van der Waals surface area contributed by atoms with E-state index in [2.05, 4.69) is 5.32 Å². The van der Waals surface area contributed by atoms with Gasteiger partial charge in [-0.15, -0.1) is 0 Å². The van der Waals surface area contributed by atoms with Crippen molar-refractivity contribution < 1.29 is 17.9 Å². The molecule has 1 N–H and O–H groups in total. The summed E-state index contributed by atoms with van der Waals surface area (Å²) in [5.41, 5.74) is 1.13. The summed E-state index contributed by atoms with van der Waals surface area (Å²) in [5.74, 6) is -0.263. The van der Waals surface area contributed by atoms with Crippen molar-refractivity contribution >= 4 is 15.9 Å². The Balaban J connectivity index is 2.92. The molecule has 1 rings (SSSR count). The van der Waals surface area contributed by atoms with E-state index in [-0.39, 0.29) is 10.8 Å². The quantitative estimate of drug-likeness (QED) is 0.652. The highest BCUT2D eigenvalue weighted by Gasteiger charge is 2.23.